The van der Waals surface area contributed by atoms with Crippen LogP contribution in [0.25, 0.3) is 0 Å². The molecule has 0 radical (unpaired) electrons. The van der Waals surface area contributed by atoms with Gasteiger partial charge in [0.2, 0.25) is 0 Å². The lowest BCUT2D eigenvalue weighted by Crippen LogP contribution is -2.40. The van der Waals surface area contributed by atoms with Gasteiger partial charge in [-0.15, -0.1) is 4.59 Å². The van der Waals surface area contributed by atoms with Crippen molar-refractivity contribution in [1.82, 2.24) is 9.49 Å². The van der Waals surface area contributed by atoms with Gasteiger partial charge in [-0.3, -0.25) is 0 Å². The Labute approximate surface area is 82.6 Å². The lowest BCUT2D eigenvalue weighted by atomic mass is 10.3. The molecule has 1 aromatic rings. The average Bonchev–Trinajstić information content (AvgIpc) is 2.48. The van der Waals surface area contributed by atoms with E-state index >= 15 is 0 Å². The van der Waals surface area contributed by atoms with E-state index in [9.17, 15) is 4.39 Å². The van der Waals surface area contributed by atoms with Crippen molar-refractivity contribution in [3.05, 3.63) is 30.1 Å². The molecular formula is C10H13FN3+. The number of quaternary nitrogens is 1. The van der Waals surface area contributed by atoms with Crippen LogP contribution in [0.4, 0.5) is 10.1 Å². The van der Waals surface area contributed by atoms with Crippen LogP contribution < -0.4 is 4.59 Å². The Kier molecular flexibility index (Phi) is 2.00. The van der Waals surface area contributed by atoms with Gasteiger partial charge in [0.05, 0.1) is 7.05 Å². The molecule has 1 atom stereocenters. The second kappa shape index (κ2) is 3.06. The van der Waals surface area contributed by atoms with Crippen LogP contribution in [0, 0.1) is 5.82 Å². The summed E-state index contributed by atoms with van der Waals surface area (Å²) in [4.78, 5) is 1.98. The number of rotatable bonds is 1. The minimum Gasteiger partial charge on any atom is -0.312 e. The van der Waals surface area contributed by atoms with Crippen LogP contribution in [0.2, 0.25) is 0 Å². The second-order valence-corrected chi connectivity index (χ2v) is 3.75. The van der Waals surface area contributed by atoms with Gasteiger partial charge in [-0.2, -0.15) is 0 Å². The first-order valence-electron chi connectivity index (χ1n) is 4.48. The molecule has 3 nitrogen and oxygen atoms in total. The molecule has 0 bridgehead atoms. The molecule has 2 rings (SSSR count). The van der Waals surface area contributed by atoms with Crippen molar-refractivity contribution in [1.29, 1.82) is 0 Å². The summed E-state index contributed by atoms with van der Waals surface area (Å²) in [5.41, 5.74) is 0.866. The van der Waals surface area contributed by atoms with Crippen molar-refractivity contribution in [2.75, 3.05) is 20.8 Å². The highest BCUT2D eigenvalue weighted by Gasteiger charge is 2.30. The molecule has 0 N–H and O–H groups in total. The van der Waals surface area contributed by atoms with Crippen molar-refractivity contribution in [3.63, 3.8) is 0 Å². The normalized spacial score (nSPS) is 25.8. The monoisotopic (exact) mass is 194 g/mol. The summed E-state index contributed by atoms with van der Waals surface area (Å²) in [6, 6.07) is 6.57. The highest BCUT2D eigenvalue weighted by atomic mass is 19.1. The van der Waals surface area contributed by atoms with Crippen LogP contribution in [-0.2, 0) is 0 Å². The largest absolute Gasteiger partial charge is 0.312 e. The molecule has 1 heterocycles. The van der Waals surface area contributed by atoms with Gasteiger partial charge in [0.1, 0.15) is 5.82 Å². The molecule has 1 aliphatic rings. The maximum Gasteiger partial charge on any atom is 0.184 e. The van der Waals surface area contributed by atoms with Gasteiger partial charge >= 0.3 is 0 Å². The van der Waals surface area contributed by atoms with Crippen LogP contribution in [0.3, 0.4) is 0 Å². The lowest BCUT2D eigenvalue weighted by molar-refractivity contribution is 0.299. The molecule has 0 fully saturated rings. The fraction of sp³-hybridized carbons (Fsp3) is 0.300. The zero-order chi connectivity index (χ0) is 10.2. The Morgan fingerprint density at radius 3 is 2.86 bits per heavy atom. The van der Waals surface area contributed by atoms with E-state index in [1.54, 1.807) is 12.4 Å². The smallest absolute Gasteiger partial charge is 0.184 e. The summed E-state index contributed by atoms with van der Waals surface area (Å²) < 4.78 is 13.4. The quantitative estimate of drug-likeness (QED) is 0.620. The summed E-state index contributed by atoms with van der Waals surface area (Å²) in [6.45, 7) is 0.740. The SMILES string of the molecule is CN1C=N[N+](C)(c2cccc(F)c2)C1. The second-order valence-electron chi connectivity index (χ2n) is 3.75. The molecule has 1 aromatic carbocycles. The summed E-state index contributed by atoms with van der Waals surface area (Å²) in [7, 11) is 3.90. The molecule has 0 aliphatic carbocycles. The van der Waals surface area contributed by atoms with Gasteiger partial charge in [-0.05, 0) is 6.07 Å². The molecule has 1 aliphatic heterocycles. The topological polar surface area (TPSA) is 15.6 Å². The van der Waals surface area contributed by atoms with E-state index in [1.165, 1.54) is 12.1 Å². The van der Waals surface area contributed by atoms with Crippen LogP contribution in [0.1, 0.15) is 0 Å². The van der Waals surface area contributed by atoms with Crippen LogP contribution >= 0.6 is 0 Å². The molecule has 74 valence electrons. The van der Waals surface area contributed by atoms with Crippen molar-refractivity contribution in [2.45, 2.75) is 0 Å². The third-order valence-electron chi connectivity index (χ3n) is 2.37. The number of benzene rings is 1. The van der Waals surface area contributed by atoms with Crippen molar-refractivity contribution in [2.24, 2.45) is 5.10 Å². The lowest BCUT2D eigenvalue weighted by Gasteiger charge is -2.23. The van der Waals surface area contributed by atoms with Crippen molar-refractivity contribution in [3.8, 4) is 0 Å². The van der Waals surface area contributed by atoms with Crippen LogP contribution in [-0.4, -0.2) is 32.0 Å². The molecule has 0 aromatic heterocycles. The third kappa shape index (κ3) is 1.48. The van der Waals surface area contributed by atoms with E-state index in [0.717, 1.165) is 12.4 Å². The van der Waals surface area contributed by atoms with E-state index in [0.29, 0.717) is 4.59 Å². The van der Waals surface area contributed by atoms with Crippen molar-refractivity contribution >= 4 is 12.0 Å². The number of halogens is 1. The zero-order valence-corrected chi connectivity index (χ0v) is 8.31. The van der Waals surface area contributed by atoms with Gasteiger partial charge in [-0.25, -0.2) is 4.39 Å². The van der Waals surface area contributed by atoms with E-state index in [-0.39, 0.29) is 5.82 Å². The molecule has 0 saturated carbocycles. The Morgan fingerprint density at radius 2 is 2.29 bits per heavy atom. The summed E-state index contributed by atoms with van der Waals surface area (Å²) >= 11 is 0. The Bertz CT molecular complexity index is 377. The van der Waals surface area contributed by atoms with Crippen LogP contribution in [0.15, 0.2) is 29.4 Å². The molecule has 4 heteroatoms. The first kappa shape index (κ1) is 9.15. The van der Waals surface area contributed by atoms with Crippen molar-refractivity contribution < 1.29 is 4.39 Å². The molecule has 14 heavy (non-hydrogen) atoms. The molecule has 0 saturated heterocycles. The van der Waals surface area contributed by atoms with E-state index < -0.39 is 0 Å². The van der Waals surface area contributed by atoms with Gasteiger partial charge in [-0.1, -0.05) is 11.2 Å². The average molecular weight is 194 g/mol. The standard InChI is InChI=1S/C10H13FN3/c1-13-7-12-14(2,8-13)10-5-3-4-9(11)6-10/h3-7H,8H2,1-2H3/q+1. The predicted molar refractivity (Wildman–Crippen MR) is 55.2 cm³/mol. The first-order valence-corrected chi connectivity index (χ1v) is 4.48. The molecular weight excluding hydrogens is 181 g/mol. The highest BCUT2D eigenvalue weighted by Crippen LogP contribution is 2.24. The summed E-state index contributed by atoms with van der Waals surface area (Å²) in [6.07, 6.45) is 1.77. The van der Waals surface area contributed by atoms with Gasteiger partial charge in [0.25, 0.3) is 0 Å². The molecule has 1 unspecified atom stereocenters. The molecule has 0 amide bonds. The Morgan fingerprint density at radius 1 is 1.50 bits per heavy atom. The minimum absolute atomic E-state index is 0.216. The Hall–Kier alpha value is -1.42. The summed E-state index contributed by atoms with van der Waals surface area (Å²) in [5, 5.41) is 4.33. The van der Waals surface area contributed by atoms with Gasteiger partial charge in [0, 0.05) is 19.2 Å². The maximum absolute atomic E-state index is 13.0. The predicted octanol–water partition coefficient (Wildman–Crippen LogP) is 1.61. The number of hydrogen-bond acceptors (Lipinski definition) is 2. The Balaban J connectivity index is 2.36. The van der Waals surface area contributed by atoms with E-state index in [2.05, 4.69) is 5.10 Å². The van der Waals surface area contributed by atoms with Gasteiger partial charge in [0.15, 0.2) is 18.7 Å². The van der Waals surface area contributed by atoms with Gasteiger partial charge < -0.3 is 4.90 Å². The number of nitrogens with zero attached hydrogens (tertiary/aromatic N) is 3. The maximum atomic E-state index is 13.0. The van der Waals surface area contributed by atoms with E-state index in [4.69, 9.17) is 0 Å². The third-order valence-corrected chi connectivity index (χ3v) is 2.37. The minimum atomic E-state index is -0.216. The highest BCUT2D eigenvalue weighted by molar-refractivity contribution is 5.60. The molecule has 0 spiro atoms. The fourth-order valence-corrected chi connectivity index (χ4v) is 1.63. The fourth-order valence-electron chi connectivity index (χ4n) is 1.63. The van der Waals surface area contributed by atoms with Crippen LogP contribution in [0.5, 0.6) is 0 Å². The zero-order valence-electron chi connectivity index (χ0n) is 8.31. The summed E-state index contributed by atoms with van der Waals surface area (Å²) in [5.74, 6) is -0.216. The number of hydrogen-bond donors (Lipinski definition) is 0. The van der Waals surface area contributed by atoms with E-state index in [1.807, 2.05) is 25.1 Å². The first-order chi connectivity index (χ1) is 6.60.